The number of benzene rings is 8. The molecular formula is C52H37NS. The lowest BCUT2D eigenvalue weighted by Crippen LogP contribution is -2.32. The van der Waals surface area contributed by atoms with Gasteiger partial charge in [-0.1, -0.05) is 165 Å². The summed E-state index contributed by atoms with van der Waals surface area (Å²) in [5.74, 6) is 0. The molecule has 0 amide bonds. The Balaban J connectivity index is 1.16. The SMILES string of the molecule is CC1(C)c2ccccc2-c2ccc(N(c3ccc(-c4ccccc4)cc3)c3ccc4c(c3)C3(c5ccccc5Sc5ccccc53)c3ccccc3-4)cc21. The molecule has 1 nitrogen and oxygen atoms in total. The molecule has 0 saturated heterocycles. The molecule has 0 atom stereocenters. The summed E-state index contributed by atoms with van der Waals surface area (Å²) in [5.41, 5.74) is 18.8. The van der Waals surface area contributed by atoms with Gasteiger partial charge < -0.3 is 4.90 Å². The van der Waals surface area contributed by atoms with E-state index in [1.54, 1.807) is 0 Å². The summed E-state index contributed by atoms with van der Waals surface area (Å²) in [4.78, 5) is 5.11. The van der Waals surface area contributed by atoms with Crippen molar-refractivity contribution in [1.82, 2.24) is 0 Å². The lowest BCUT2D eigenvalue weighted by Gasteiger charge is -2.40. The van der Waals surface area contributed by atoms with Gasteiger partial charge in [-0.15, -0.1) is 0 Å². The topological polar surface area (TPSA) is 3.24 Å². The van der Waals surface area contributed by atoms with Crippen molar-refractivity contribution in [2.45, 2.75) is 34.5 Å². The maximum atomic E-state index is 2.50. The molecule has 1 aliphatic heterocycles. The van der Waals surface area contributed by atoms with Crippen LogP contribution in [-0.4, -0.2) is 0 Å². The Morgan fingerprint density at radius 1 is 0.352 bits per heavy atom. The fraction of sp³-hybridized carbons (Fsp3) is 0.0769. The Hall–Kier alpha value is -6.09. The van der Waals surface area contributed by atoms with Gasteiger partial charge in [0.1, 0.15) is 0 Å². The summed E-state index contributed by atoms with van der Waals surface area (Å²) in [7, 11) is 0. The number of anilines is 3. The third kappa shape index (κ3) is 4.35. The van der Waals surface area contributed by atoms with Gasteiger partial charge in [-0.3, -0.25) is 0 Å². The minimum absolute atomic E-state index is 0.110. The van der Waals surface area contributed by atoms with Crippen LogP contribution >= 0.6 is 11.8 Å². The predicted molar refractivity (Wildman–Crippen MR) is 226 cm³/mol. The van der Waals surface area contributed by atoms with E-state index < -0.39 is 5.41 Å². The molecule has 0 N–H and O–H groups in total. The lowest BCUT2D eigenvalue weighted by molar-refractivity contribution is 0.660. The molecule has 0 saturated carbocycles. The summed E-state index contributed by atoms with van der Waals surface area (Å²) in [6.07, 6.45) is 0. The van der Waals surface area contributed by atoms with Crippen LogP contribution < -0.4 is 4.90 Å². The van der Waals surface area contributed by atoms with Crippen LogP contribution in [-0.2, 0) is 10.8 Å². The quantitative estimate of drug-likeness (QED) is 0.179. The third-order valence-corrected chi connectivity index (χ3v) is 13.3. The van der Waals surface area contributed by atoms with Crippen LogP contribution in [0.25, 0.3) is 33.4 Å². The predicted octanol–water partition coefficient (Wildman–Crippen LogP) is 14.0. The molecule has 8 aromatic rings. The van der Waals surface area contributed by atoms with E-state index >= 15 is 0 Å². The van der Waals surface area contributed by atoms with Gasteiger partial charge in [-0.2, -0.15) is 0 Å². The Morgan fingerprint density at radius 3 is 1.44 bits per heavy atom. The molecule has 0 bridgehead atoms. The number of nitrogens with zero attached hydrogens (tertiary/aromatic N) is 1. The van der Waals surface area contributed by atoms with Gasteiger partial charge in [0.2, 0.25) is 0 Å². The molecule has 11 rings (SSSR count). The molecule has 256 valence electrons. The minimum atomic E-state index is -0.440. The first-order valence-electron chi connectivity index (χ1n) is 18.8. The molecule has 2 heteroatoms. The molecule has 0 radical (unpaired) electrons. The van der Waals surface area contributed by atoms with E-state index in [0.717, 1.165) is 17.1 Å². The zero-order valence-electron chi connectivity index (χ0n) is 30.3. The molecule has 0 fully saturated rings. The highest BCUT2D eigenvalue weighted by Crippen LogP contribution is 2.63. The van der Waals surface area contributed by atoms with Gasteiger partial charge in [0, 0.05) is 32.3 Å². The number of rotatable bonds is 4. The van der Waals surface area contributed by atoms with Gasteiger partial charge in [0.05, 0.1) is 5.41 Å². The molecule has 1 heterocycles. The summed E-state index contributed by atoms with van der Waals surface area (Å²) in [6, 6.07) is 70.2. The van der Waals surface area contributed by atoms with Gasteiger partial charge >= 0.3 is 0 Å². The van der Waals surface area contributed by atoms with Crippen molar-refractivity contribution in [2.24, 2.45) is 0 Å². The van der Waals surface area contributed by atoms with Crippen LogP contribution in [0, 0.1) is 0 Å². The maximum Gasteiger partial charge on any atom is 0.0736 e. The van der Waals surface area contributed by atoms with Crippen LogP contribution in [0.5, 0.6) is 0 Å². The van der Waals surface area contributed by atoms with Gasteiger partial charge in [0.25, 0.3) is 0 Å². The average Bonchev–Trinajstić information content (AvgIpc) is 3.64. The Morgan fingerprint density at radius 2 is 0.796 bits per heavy atom. The number of hydrogen-bond donors (Lipinski definition) is 0. The molecule has 0 aromatic heterocycles. The van der Waals surface area contributed by atoms with Gasteiger partial charge in [0.15, 0.2) is 0 Å². The summed E-state index contributed by atoms with van der Waals surface area (Å²) < 4.78 is 0. The van der Waals surface area contributed by atoms with Crippen molar-refractivity contribution in [3.8, 4) is 33.4 Å². The Kier molecular flexibility index (Phi) is 6.81. The summed E-state index contributed by atoms with van der Waals surface area (Å²) in [6.45, 7) is 4.74. The lowest BCUT2D eigenvalue weighted by atomic mass is 9.67. The Bertz CT molecular complexity index is 2730. The van der Waals surface area contributed by atoms with Crippen LogP contribution in [0.3, 0.4) is 0 Å². The van der Waals surface area contributed by atoms with Crippen molar-refractivity contribution < 1.29 is 0 Å². The monoisotopic (exact) mass is 707 g/mol. The minimum Gasteiger partial charge on any atom is -0.310 e. The smallest absolute Gasteiger partial charge is 0.0736 e. The first-order chi connectivity index (χ1) is 26.5. The van der Waals surface area contributed by atoms with Crippen LogP contribution in [0.4, 0.5) is 17.1 Å². The highest BCUT2D eigenvalue weighted by molar-refractivity contribution is 7.99. The van der Waals surface area contributed by atoms with Gasteiger partial charge in [-0.05, 0) is 115 Å². The second-order valence-corrected chi connectivity index (χ2v) is 16.4. The van der Waals surface area contributed by atoms with Crippen molar-refractivity contribution in [3.63, 3.8) is 0 Å². The molecule has 0 unspecified atom stereocenters. The van der Waals surface area contributed by atoms with Crippen LogP contribution in [0.1, 0.15) is 47.2 Å². The molecule has 2 aliphatic carbocycles. The largest absolute Gasteiger partial charge is 0.310 e. The number of fused-ring (bicyclic) bond motifs is 12. The van der Waals surface area contributed by atoms with E-state index in [0.29, 0.717) is 0 Å². The van der Waals surface area contributed by atoms with Crippen LogP contribution in [0.15, 0.2) is 198 Å². The highest BCUT2D eigenvalue weighted by Gasteiger charge is 2.50. The van der Waals surface area contributed by atoms with Crippen molar-refractivity contribution in [1.29, 1.82) is 0 Å². The zero-order chi connectivity index (χ0) is 36.0. The fourth-order valence-corrected chi connectivity index (χ4v) is 10.9. The first kappa shape index (κ1) is 31.4. The van der Waals surface area contributed by atoms with Crippen molar-refractivity contribution in [2.75, 3.05) is 4.90 Å². The van der Waals surface area contributed by atoms with E-state index in [2.05, 4.69) is 207 Å². The van der Waals surface area contributed by atoms with E-state index in [1.807, 2.05) is 11.8 Å². The van der Waals surface area contributed by atoms with Crippen LogP contribution in [0.2, 0.25) is 0 Å². The Labute approximate surface area is 321 Å². The average molecular weight is 708 g/mol. The first-order valence-corrected chi connectivity index (χ1v) is 19.7. The summed E-state index contributed by atoms with van der Waals surface area (Å²) in [5, 5.41) is 0. The fourth-order valence-electron chi connectivity index (χ4n) is 9.69. The number of hydrogen-bond acceptors (Lipinski definition) is 2. The molecular weight excluding hydrogens is 671 g/mol. The van der Waals surface area contributed by atoms with Crippen molar-refractivity contribution >= 4 is 28.8 Å². The second-order valence-electron chi connectivity index (χ2n) is 15.3. The normalized spacial score (nSPS) is 14.7. The van der Waals surface area contributed by atoms with E-state index in [4.69, 9.17) is 0 Å². The van der Waals surface area contributed by atoms with E-state index in [9.17, 15) is 0 Å². The molecule has 1 spiro atoms. The van der Waals surface area contributed by atoms with E-state index in [1.165, 1.54) is 76.6 Å². The molecule has 8 aromatic carbocycles. The zero-order valence-corrected chi connectivity index (χ0v) is 31.1. The highest BCUT2D eigenvalue weighted by atomic mass is 32.2. The second kappa shape index (κ2) is 11.7. The van der Waals surface area contributed by atoms with Crippen molar-refractivity contribution in [3.05, 3.63) is 221 Å². The van der Waals surface area contributed by atoms with E-state index in [-0.39, 0.29) is 5.41 Å². The molecule has 3 aliphatic rings. The third-order valence-electron chi connectivity index (χ3n) is 12.1. The summed E-state index contributed by atoms with van der Waals surface area (Å²) >= 11 is 1.89. The maximum absolute atomic E-state index is 2.50. The molecule has 54 heavy (non-hydrogen) atoms. The standard InChI is InChI=1S/C52H37NS/c1-51(2)43-18-8-6-16-39(43)41-30-28-37(32-47(41)51)53(36-26-24-35(25-27-36)34-14-4-3-5-15-34)38-29-31-42-40-17-7-9-19-44(40)52(48(42)33-38)45-20-10-12-22-49(45)54-50-23-13-11-21-46(50)52/h3-33H,1-2H3. The van der Waals surface area contributed by atoms with Gasteiger partial charge in [-0.25, -0.2) is 0 Å².